The number of hydrogen-bond acceptors (Lipinski definition) is 0. The summed E-state index contributed by atoms with van der Waals surface area (Å²) in [6.07, 6.45) is 0. The molecule has 0 heterocycles. The minimum atomic E-state index is 0.726. The Kier molecular flexibility index (Phi) is 4.57. The van der Waals surface area contributed by atoms with Crippen molar-refractivity contribution in [1.82, 2.24) is 0 Å². The van der Waals surface area contributed by atoms with E-state index in [0.29, 0.717) is 0 Å². The summed E-state index contributed by atoms with van der Waals surface area (Å²) in [5, 5.41) is 4.78. The molecule has 0 unspecified atom stereocenters. The van der Waals surface area contributed by atoms with Gasteiger partial charge in [0.2, 0.25) is 5.69 Å². The zero-order valence-electron chi connectivity index (χ0n) is 18.0. The monoisotopic (exact) mass is 397 g/mol. The van der Waals surface area contributed by atoms with Crippen molar-refractivity contribution in [2.45, 2.75) is 20.8 Å². The predicted octanol–water partition coefficient (Wildman–Crippen LogP) is 8.80. The Balaban J connectivity index is 1.92. The average Bonchev–Trinajstić information content (AvgIpc) is 2.78. The molecule has 0 aliphatic heterocycles. The van der Waals surface area contributed by atoms with Gasteiger partial charge >= 0.3 is 0 Å². The minimum Gasteiger partial charge on any atom is -0.237 e. The fraction of sp³-hybridized carbons (Fsp3) is 0.100. The van der Waals surface area contributed by atoms with Gasteiger partial charge in [0.05, 0.1) is 6.57 Å². The van der Waals surface area contributed by atoms with Crippen LogP contribution in [0.1, 0.15) is 16.7 Å². The average molecular weight is 398 g/mol. The summed E-state index contributed by atoms with van der Waals surface area (Å²) in [7, 11) is 0. The van der Waals surface area contributed by atoms with Crippen molar-refractivity contribution >= 4 is 27.2 Å². The van der Waals surface area contributed by atoms with Crippen LogP contribution in [0, 0.1) is 27.3 Å². The third-order valence-corrected chi connectivity index (χ3v) is 6.18. The highest BCUT2D eigenvalue weighted by Crippen LogP contribution is 2.46. The molecule has 0 aliphatic rings. The Morgan fingerprint density at radius 1 is 0.581 bits per heavy atom. The molecule has 0 spiro atoms. The second-order valence-electron chi connectivity index (χ2n) is 8.28. The molecular weight excluding hydrogens is 374 g/mol. The van der Waals surface area contributed by atoms with Gasteiger partial charge in [-0.05, 0) is 75.7 Å². The zero-order valence-corrected chi connectivity index (χ0v) is 18.0. The van der Waals surface area contributed by atoms with Crippen molar-refractivity contribution < 1.29 is 0 Å². The normalized spacial score (nSPS) is 11.0. The molecule has 0 saturated heterocycles. The first kappa shape index (κ1) is 19.1. The number of aryl methyl sites for hydroxylation is 3. The first-order valence-electron chi connectivity index (χ1n) is 10.6. The number of rotatable bonds is 2. The highest BCUT2D eigenvalue weighted by molar-refractivity contribution is 6.07. The zero-order chi connectivity index (χ0) is 21.5. The summed E-state index contributed by atoms with van der Waals surface area (Å²) < 4.78 is 0. The molecule has 1 heteroatoms. The molecule has 0 saturated carbocycles. The predicted molar refractivity (Wildman–Crippen MR) is 133 cm³/mol. The molecule has 0 aromatic heterocycles. The Hall–Kier alpha value is -3.89. The van der Waals surface area contributed by atoms with Gasteiger partial charge in [0.15, 0.2) is 0 Å². The van der Waals surface area contributed by atoms with E-state index >= 15 is 0 Å². The van der Waals surface area contributed by atoms with Crippen LogP contribution in [0.25, 0.3) is 48.6 Å². The van der Waals surface area contributed by atoms with E-state index in [1.165, 1.54) is 32.7 Å². The molecular formula is C30H23N. The van der Waals surface area contributed by atoms with Gasteiger partial charge in [-0.3, -0.25) is 0 Å². The SMILES string of the molecule is [C-]#[N+]c1c(-c2c(C)ccc3ccccc23)cc(C)cc1-c1c(C)ccc2ccccc12. The number of nitrogens with zero attached hydrogens (tertiary/aromatic N) is 1. The van der Waals surface area contributed by atoms with Crippen LogP contribution in [0.5, 0.6) is 0 Å². The molecule has 0 amide bonds. The molecule has 0 aliphatic carbocycles. The third-order valence-electron chi connectivity index (χ3n) is 6.18. The standard InChI is InChI=1S/C30H23N/c1-19-17-26(28-20(2)13-15-22-9-5-7-11-24(22)28)30(31-4)27(18-19)29-21(3)14-16-23-10-6-8-12-25(23)29/h5-18H,1-3H3. The Morgan fingerprint density at radius 3 is 1.48 bits per heavy atom. The van der Waals surface area contributed by atoms with E-state index in [9.17, 15) is 0 Å². The van der Waals surface area contributed by atoms with E-state index in [4.69, 9.17) is 6.57 Å². The summed E-state index contributed by atoms with van der Waals surface area (Å²) in [6.45, 7) is 14.6. The molecule has 0 bridgehead atoms. The van der Waals surface area contributed by atoms with Gasteiger partial charge in [-0.1, -0.05) is 90.5 Å². The minimum absolute atomic E-state index is 0.726. The lowest BCUT2D eigenvalue weighted by Crippen LogP contribution is -1.92. The third kappa shape index (κ3) is 3.09. The highest BCUT2D eigenvalue weighted by atomic mass is 14.7. The smallest absolute Gasteiger partial charge is 0.202 e. The number of hydrogen-bond donors (Lipinski definition) is 0. The molecule has 0 radical (unpaired) electrons. The van der Waals surface area contributed by atoms with Crippen LogP contribution in [-0.2, 0) is 0 Å². The van der Waals surface area contributed by atoms with Crippen molar-refractivity contribution in [2.75, 3.05) is 0 Å². The molecule has 0 N–H and O–H groups in total. The van der Waals surface area contributed by atoms with Gasteiger partial charge in [-0.2, -0.15) is 0 Å². The maximum absolute atomic E-state index is 8.18. The topological polar surface area (TPSA) is 4.36 Å². The fourth-order valence-corrected chi connectivity index (χ4v) is 4.76. The summed E-state index contributed by atoms with van der Waals surface area (Å²) in [6, 6.07) is 29.9. The van der Waals surface area contributed by atoms with Gasteiger partial charge in [-0.25, -0.2) is 4.85 Å². The van der Waals surface area contributed by atoms with Crippen LogP contribution in [0.15, 0.2) is 84.9 Å². The van der Waals surface area contributed by atoms with Crippen molar-refractivity contribution in [2.24, 2.45) is 0 Å². The van der Waals surface area contributed by atoms with Crippen LogP contribution < -0.4 is 0 Å². The summed E-state index contributed by atoms with van der Waals surface area (Å²) in [5.74, 6) is 0. The van der Waals surface area contributed by atoms with Crippen LogP contribution >= 0.6 is 0 Å². The Morgan fingerprint density at radius 2 is 1.03 bits per heavy atom. The number of fused-ring (bicyclic) bond motifs is 2. The molecule has 1 nitrogen and oxygen atoms in total. The first-order valence-corrected chi connectivity index (χ1v) is 10.6. The maximum Gasteiger partial charge on any atom is 0.202 e. The molecule has 5 aromatic carbocycles. The largest absolute Gasteiger partial charge is 0.237 e. The lowest BCUT2D eigenvalue weighted by atomic mass is 9.86. The van der Waals surface area contributed by atoms with Gasteiger partial charge < -0.3 is 0 Å². The Bertz CT molecular complexity index is 1410. The number of benzene rings is 5. The molecule has 5 rings (SSSR count). The van der Waals surface area contributed by atoms with Crippen LogP contribution in [0.3, 0.4) is 0 Å². The quantitative estimate of drug-likeness (QED) is 0.262. The molecule has 5 aromatic rings. The highest BCUT2D eigenvalue weighted by Gasteiger charge is 2.19. The van der Waals surface area contributed by atoms with Gasteiger partial charge in [0.25, 0.3) is 0 Å². The maximum atomic E-state index is 8.18. The van der Waals surface area contributed by atoms with Gasteiger partial charge in [0.1, 0.15) is 0 Å². The van der Waals surface area contributed by atoms with Crippen molar-refractivity contribution in [3.8, 4) is 22.3 Å². The van der Waals surface area contributed by atoms with E-state index in [1.54, 1.807) is 0 Å². The van der Waals surface area contributed by atoms with E-state index in [2.05, 4.69) is 111 Å². The van der Waals surface area contributed by atoms with E-state index in [0.717, 1.165) is 33.5 Å². The summed E-state index contributed by atoms with van der Waals surface area (Å²) >= 11 is 0. The second-order valence-corrected chi connectivity index (χ2v) is 8.28. The summed E-state index contributed by atoms with van der Waals surface area (Å²) in [5.41, 5.74) is 8.63. The molecule has 0 atom stereocenters. The van der Waals surface area contributed by atoms with Crippen LogP contribution in [0.2, 0.25) is 0 Å². The van der Waals surface area contributed by atoms with Gasteiger partial charge in [0, 0.05) is 0 Å². The van der Waals surface area contributed by atoms with Crippen LogP contribution in [-0.4, -0.2) is 0 Å². The summed E-state index contributed by atoms with van der Waals surface area (Å²) in [4.78, 5) is 4.11. The van der Waals surface area contributed by atoms with Crippen LogP contribution in [0.4, 0.5) is 5.69 Å². The molecule has 0 fully saturated rings. The lowest BCUT2D eigenvalue weighted by Gasteiger charge is -2.18. The molecule has 31 heavy (non-hydrogen) atoms. The van der Waals surface area contributed by atoms with Crippen molar-refractivity contribution in [3.63, 3.8) is 0 Å². The second kappa shape index (κ2) is 7.42. The van der Waals surface area contributed by atoms with E-state index in [-0.39, 0.29) is 0 Å². The van der Waals surface area contributed by atoms with Crippen molar-refractivity contribution in [1.29, 1.82) is 0 Å². The molecule has 148 valence electrons. The Labute approximate surface area is 183 Å². The van der Waals surface area contributed by atoms with E-state index < -0.39 is 0 Å². The van der Waals surface area contributed by atoms with E-state index in [1.807, 2.05) is 0 Å². The first-order chi connectivity index (χ1) is 15.1. The van der Waals surface area contributed by atoms with Gasteiger partial charge in [-0.15, -0.1) is 0 Å². The fourth-order valence-electron chi connectivity index (χ4n) is 4.76. The van der Waals surface area contributed by atoms with Crippen molar-refractivity contribution in [3.05, 3.63) is 113 Å². The lowest BCUT2D eigenvalue weighted by molar-refractivity contribution is 1.43.